The molecule has 3 nitrogen and oxygen atoms in total. The van der Waals surface area contributed by atoms with E-state index in [0.717, 1.165) is 11.1 Å². The molecular weight excluding hydrogens is 150 g/mol. The molecule has 0 radical (unpaired) electrons. The maximum atomic E-state index is 7.05. The van der Waals surface area contributed by atoms with Gasteiger partial charge in [-0.3, -0.25) is 4.98 Å². The van der Waals surface area contributed by atoms with Crippen molar-refractivity contribution in [3.05, 3.63) is 29.6 Å². The van der Waals surface area contributed by atoms with Crippen LogP contribution < -0.4 is 5.32 Å². The second-order valence-electron chi connectivity index (χ2n) is 2.71. The molecule has 1 aromatic heterocycles. The lowest BCUT2D eigenvalue weighted by molar-refractivity contribution is 0.649. The lowest BCUT2D eigenvalue weighted by Crippen LogP contribution is -2.12. The van der Waals surface area contributed by atoms with Crippen LogP contribution in [0.15, 0.2) is 18.5 Å². The molecule has 1 rings (SSSR count). The van der Waals surface area contributed by atoms with Crippen molar-refractivity contribution in [3.63, 3.8) is 0 Å². The van der Waals surface area contributed by atoms with Crippen molar-refractivity contribution in [3.8, 4) is 0 Å². The van der Waals surface area contributed by atoms with Crippen molar-refractivity contribution in [1.82, 2.24) is 10.3 Å². The Balaban J connectivity index is 2.93. The van der Waals surface area contributed by atoms with Crippen LogP contribution in [0.4, 0.5) is 0 Å². The second kappa shape index (κ2) is 3.97. The number of rotatable bonds is 3. The Labute approximate surface area is 72.3 Å². The third kappa shape index (κ3) is 1.89. The predicted octanol–water partition coefficient (Wildman–Crippen LogP) is 1.36. The molecule has 0 spiro atoms. The molecule has 0 saturated heterocycles. The van der Waals surface area contributed by atoms with Gasteiger partial charge in [-0.2, -0.15) is 0 Å². The fourth-order valence-electron chi connectivity index (χ4n) is 0.959. The number of hydrogen-bond acceptors (Lipinski definition) is 3. The van der Waals surface area contributed by atoms with Crippen molar-refractivity contribution in [2.75, 3.05) is 7.05 Å². The topological polar surface area (TPSA) is 48.8 Å². The second-order valence-corrected chi connectivity index (χ2v) is 2.71. The van der Waals surface area contributed by atoms with Crippen LogP contribution in [0.1, 0.15) is 24.1 Å². The van der Waals surface area contributed by atoms with E-state index in [1.807, 2.05) is 19.3 Å². The molecule has 1 heterocycles. The Morgan fingerprint density at radius 2 is 2.33 bits per heavy atom. The summed E-state index contributed by atoms with van der Waals surface area (Å²) >= 11 is 0. The van der Waals surface area contributed by atoms with Gasteiger partial charge in [0.1, 0.15) is 0 Å². The molecule has 0 aliphatic heterocycles. The molecule has 0 fully saturated rings. The van der Waals surface area contributed by atoms with Crippen molar-refractivity contribution in [1.29, 1.82) is 5.41 Å². The molecule has 0 aromatic carbocycles. The summed E-state index contributed by atoms with van der Waals surface area (Å²) in [4.78, 5) is 4.03. The van der Waals surface area contributed by atoms with Crippen LogP contribution in [0.3, 0.4) is 0 Å². The van der Waals surface area contributed by atoms with Gasteiger partial charge in [0, 0.05) is 30.2 Å². The Morgan fingerprint density at radius 3 is 2.92 bits per heavy atom. The van der Waals surface area contributed by atoms with E-state index >= 15 is 0 Å². The van der Waals surface area contributed by atoms with Crippen molar-refractivity contribution in [2.45, 2.75) is 13.0 Å². The molecule has 0 amide bonds. The molecule has 3 heteroatoms. The van der Waals surface area contributed by atoms with Crippen LogP contribution in [0.25, 0.3) is 0 Å². The highest BCUT2D eigenvalue weighted by molar-refractivity contribution is 5.76. The summed E-state index contributed by atoms with van der Waals surface area (Å²) in [5, 5.41) is 10.2. The summed E-state index contributed by atoms with van der Waals surface area (Å²) in [6.07, 6.45) is 4.80. The average molecular weight is 163 g/mol. The van der Waals surface area contributed by atoms with Gasteiger partial charge in [-0.15, -0.1) is 0 Å². The highest BCUT2D eigenvalue weighted by atomic mass is 14.9. The largest absolute Gasteiger partial charge is 0.313 e. The maximum absolute atomic E-state index is 7.05. The molecule has 12 heavy (non-hydrogen) atoms. The van der Waals surface area contributed by atoms with Gasteiger partial charge in [-0.05, 0) is 25.6 Å². The van der Waals surface area contributed by atoms with Crippen molar-refractivity contribution < 1.29 is 0 Å². The van der Waals surface area contributed by atoms with E-state index in [4.69, 9.17) is 5.41 Å². The summed E-state index contributed by atoms with van der Waals surface area (Å²) in [6, 6.07) is 2.25. The number of nitrogens with one attached hydrogen (secondary N) is 2. The molecular formula is C9H13N3. The normalized spacial score (nSPS) is 12.5. The van der Waals surface area contributed by atoms with Gasteiger partial charge < -0.3 is 10.7 Å². The van der Waals surface area contributed by atoms with E-state index in [-0.39, 0.29) is 6.04 Å². The molecule has 0 aliphatic carbocycles. The van der Waals surface area contributed by atoms with Crippen LogP contribution in [-0.4, -0.2) is 18.2 Å². The van der Waals surface area contributed by atoms with Crippen LogP contribution >= 0.6 is 0 Å². The van der Waals surface area contributed by atoms with E-state index in [2.05, 4.69) is 17.2 Å². The fraction of sp³-hybridized carbons (Fsp3) is 0.333. The Morgan fingerprint density at radius 1 is 1.58 bits per heavy atom. The first-order valence-electron chi connectivity index (χ1n) is 3.90. The van der Waals surface area contributed by atoms with Crippen LogP contribution in [0, 0.1) is 5.41 Å². The molecule has 64 valence electrons. The average Bonchev–Trinajstić information content (AvgIpc) is 2.17. The van der Waals surface area contributed by atoms with E-state index in [1.165, 1.54) is 6.21 Å². The molecule has 0 aliphatic rings. The van der Waals surface area contributed by atoms with Gasteiger partial charge >= 0.3 is 0 Å². The SMILES string of the molecule is CNC(C)c1cncc(C=N)c1. The van der Waals surface area contributed by atoms with Gasteiger partial charge in [0.15, 0.2) is 0 Å². The summed E-state index contributed by atoms with van der Waals surface area (Å²) in [5.41, 5.74) is 1.95. The first-order chi connectivity index (χ1) is 5.77. The molecule has 1 aromatic rings. The predicted molar refractivity (Wildman–Crippen MR) is 49.6 cm³/mol. The molecule has 1 atom stereocenters. The fourth-order valence-corrected chi connectivity index (χ4v) is 0.959. The lowest BCUT2D eigenvalue weighted by Gasteiger charge is -2.09. The zero-order valence-corrected chi connectivity index (χ0v) is 7.33. The van der Waals surface area contributed by atoms with Gasteiger partial charge in [0.25, 0.3) is 0 Å². The first kappa shape index (κ1) is 8.87. The smallest absolute Gasteiger partial charge is 0.0355 e. The number of nitrogens with zero attached hydrogens (tertiary/aromatic N) is 1. The quantitative estimate of drug-likeness (QED) is 0.661. The Hall–Kier alpha value is -1.22. The summed E-state index contributed by atoms with van der Waals surface area (Å²) in [6.45, 7) is 2.06. The van der Waals surface area contributed by atoms with Crippen molar-refractivity contribution >= 4 is 6.21 Å². The van der Waals surface area contributed by atoms with Crippen LogP contribution in [0.2, 0.25) is 0 Å². The third-order valence-electron chi connectivity index (χ3n) is 1.88. The van der Waals surface area contributed by atoms with Crippen LogP contribution in [-0.2, 0) is 0 Å². The zero-order chi connectivity index (χ0) is 8.97. The number of hydrogen-bond donors (Lipinski definition) is 2. The van der Waals surface area contributed by atoms with Gasteiger partial charge in [-0.25, -0.2) is 0 Å². The van der Waals surface area contributed by atoms with E-state index in [1.54, 1.807) is 6.20 Å². The minimum Gasteiger partial charge on any atom is -0.313 e. The molecule has 1 unspecified atom stereocenters. The Kier molecular flexibility index (Phi) is 2.94. The minimum absolute atomic E-state index is 0.289. The maximum Gasteiger partial charge on any atom is 0.0355 e. The van der Waals surface area contributed by atoms with E-state index < -0.39 is 0 Å². The van der Waals surface area contributed by atoms with E-state index in [0.29, 0.717) is 0 Å². The van der Waals surface area contributed by atoms with E-state index in [9.17, 15) is 0 Å². The first-order valence-corrected chi connectivity index (χ1v) is 3.90. The Bertz CT molecular complexity index is 270. The molecule has 0 saturated carbocycles. The monoisotopic (exact) mass is 163 g/mol. The van der Waals surface area contributed by atoms with Gasteiger partial charge in [0.2, 0.25) is 0 Å². The number of pyridine rings is 1. The van der Waals surface area contributed by atoms with Crippen molar-refractivity contribution in [2.24, 2.45) is 0 Å². The number of aromatic nitrogens is 1. The highest BCUT2D eigenvalue weighted by Gasteiger charge is 2.01. The highest BCUT2D eigenvalue weighted by Crippen LogP contribution is 2.10. The van der Waals surface area contributed by atoms with Crippen LogP contribution in [0.5, 0.6) is 0 Å². The molecule has 2 N–H and O–H groups in total. The third-order valence-corrected chi connectivity index (χ3v) is 1.88. The van der Waals surface area contributed by atoms with Gasteiger partial charge in [0.05, 0.1) is 0 Å². The zero-order valence-electron chi connectivity index (χ0n) is 7.33. The lowest BCUT2D eigenvalue weighted by atomic mass is 10.1. The summed E-state index contributed by atoms with van der Waals surface area (Å²) < 4.78 is 0. The van der Waals surface area contributed by atoms with Gasteiger partial charge in [-0.1, -0.05) is 0 Å². The minimum atomic E-state index is 0.289. The summed E-state index contributed by atoms with van der Waals surface area (Å²) in [7, 11) is 1.90. The standard InChI is InChI=1S/C9H13N3/c1-7(11-2)9-3-8(4-10)5-12-6-9/h3-7,10-11H,1-2H3. The summed E-state index contributed by atoms with van der Waals surface area (Å²) in [5.74, 6) is 0. The molecule has 0 bridgehead atoms.